The van der Waals surface area contributed by atoms with Crippen molar-refractivity contribution in [2.45, 2.75) is 19.3 Å². The van der Waals surface area contributed by atoms with Crippen molar-refractivity contribution in [3.05, 3.63) is 51.6 Å². The minimum atomic E-state index is -0.0709. The lowest BCUT2D eigenvalue weighted by Gasteiger charge is -2.32. The fraction of sp³-hybridized carbons (Fsp3) is 0.381. The lowest BCUT2D eigenvalue weighted by molar-refractivity contribution is -0.121. The number of benzene rings is 1. The number of likely N-dealkylation sites (tertiary alicyclic amines) is 1. The number of ketones is 1. The normalized spacial score (nSPS) is 16.9. The zero-order valence-electron chi connectivity index (χ0n) is 15.7. The van der Waals surface area contributed by atoms with E-state index in [1.807, 2.05) is 4.90 Å². The van der Waals surface area contributed by atoms with E-state index in [1.54, 1.807) is 24.3 Å². The third-order valence-electron chi connectivity index (χ3n) is 5.20. The largest absolute Gasteiger partial charge is 0.492 e. The number of hydrogen-bond acceptors (Lipinski definition) is 5. The summed E-state index contributed by atoms with van der Waals surface area (Å²) in [6, 6.07) is 6.89. The fourth-order valence-corrected chi connectivity index (χ4v) is 4.03. The van der Waals surface area contributed by atoms with Crippen LogP contribution in [0.25, 0.3) is 0 Å². The number of ether oxygens (including phenoxy) is 2. The number of Topliss-reactive ketones (excluding diaryl/α,β-unsaturated/α-hetero) is 1. The van der Waals surface area contributed by atoms with Crippen LogP contribution >= 0.6 is 23.2 Å². The number of fused-ring (bicyclic) bond motifs is 1. The molecule has 0 unspecified atom stereocenters. The van der Waals surface area contributed by atoms with Crippen LogP contribution in [0.4, 0.5) is 0 Å². The summed E-state index contributed by atoms with van der Waals surface area (Å²) in [6.07, 6.45) is 3.47. The van der Waals surface area contributed by atoms with Crippen molar-refractivity contribution in [3.8, 4) is 11.6 Å². The van der Waals surface area contributed by atoms with E-state index in [4.69, 9.17) is 32.7 Å². The number of halogens is 2. The Balaban J connectivity index is 1.32. The Hall–Kier alpha value is -2.31. The van der Waals surface area contributed by atoms with Crippen molar-refractivity contribution in [2.24, 2.45) is 5.92 Å². The van der Waals surface area contributed by atoms with Crippen LogP contribution in [0.1, 0.15) is 28.8 Å². The summed E-state index contributed by atoms with van der Waals surface area (Å²) >= 11 is 12.0. The van der Waals surface area contributed by atoms with Gasteiger partial charge in [0.05, 0.1) is 17.2 Å². The molecular weight excluding hydrogens is 415 g/mol. The molecular formula is C21H20Cl2N2O4. The molecule has 2 aromatic rings. The number of amides is 1. The van der Waals surface area contributed by atoms with Crippen LogP contribution in [0.5, 0.6) is 11.6 Å². The molecule has 1 amide bonds. The van der Waals surface area contributed by atoms with Gasteiger partial charge in [-0.3, -0.25) is 9.59 Å². The molecule has 0 bridgehead atoms. The van der Waals surface area contributed by atoms with Crippen LogP contribution in [-0.2, 0) is 11.2 Å². The summed E-state index contributed by atoms with van der Waals surface area (Å²) in [7, 11) is 0. The summed E-state index contributed by atoms with van der Waals surface area (Å²) in [5, 5.41) is 1.06. The quantitative estimate of drug-likeness (QED) is 0.731. The van der Waals surface area contributed by atoms with Crippen LogP contribution in [0.3, 0.4) is 0 Å². The van der Waals surface area contributed by atoms with Crippen LogP contribution in [-0.4, -0.2) is 47.9 Å². The SMILES string of the molecule is O=C1COc2ncc(C(=O)N3CCC(COc4ccc(Cl)cc4Cl)CC3)cc2C1. The minimum absolute atomic E-state index is 0.00879. The Morgan fingerprint density at radius 1 is 1.24 bits per heavy atom. The highest BCUT2D eigenvalue weighted by Gasteiger charge is 2.26. The standard InChI is InChI=1S/C21H20Cl2N2O4/c22-16-1-2-19(18(23)9-16)28-11-13-3-5-25(6-4-13)21(27)15-7-14-8-17(26)12-29-20(14)24-10-15/h1-2,7,9-10,13H,3-6,8,11-12H2. The predicted octanol–water partition coefficient (Wildman–Crippen LogP) is 3.82. The van der Waals surface area contributed by atoms with Crippen molar-refractivity contribution >= 4 is 34.9 Å². The van der Waals surface area contributed by atoms with Gasteiger partial charge >= 0.3 is 0 Å². The summed E-state index contributed by atoms with van der Waals surface area (Å²) in [6.45, 7) is 1.88. The van der Waals surface area contributed by atoms with E-state index < -0.39 is 0 Å². The topological polar surface area (TPSA) is 68.7 Å². The van der Waals surface area contributed by atoms with E-state index in [1.165, 1.54) is 6.20 Å². The molecule has 8 heteroatoms. The molecule has 29 heavy (non-hydrogen) atoms. The highest BCUT2D eigenvalue weighted by molar-refractivity contribution is 6.35. The molecule has 0 spiro atoms. The molecule has 1 aromatic carbocycles. The minimum Gasteiger partial charge on any atom is -0.492 e. The summed E-state index contributed by atoms with van der Waals surface area (Å²) in [5.74, 6) is 1.33. The highest BCUT2D eigenvalue weighted by Crippen LogP contribution is 2.29. The first kappa shape index (κ1) is 20.0. The van der Waals surface area contributed by atoms with Gasteiger partial charge in [-0.05, 0) is 43.0 Å². The number of carbonyl (C=O) groups is 2. The summed E-state index contributed by atoms with van der Waals surface area (Å²) in [5.41, 5.74) is 1.17. The van der Waals surface area contributed by atoms with Gasteiger partial charge in [0.25, 0.3) is 5.91 Å². The average molecular weight is 435 g/mol. The van der Waals surface area contributed by atoms with E-state index in [2.05, 4.69) is 4.98 Å². The molecule has 0 N–H and O–H groups in total. The number of rotatable bonds is 4. The molecule has 2 aliphatic rings. The number of hydrogen-bond donors (Lipinski definition) is 0. The highest BCUT2D eigenvalue weighted by atomic mass is 35.5. The predicted molar refractivity (Wildman–Crippen MR) is 109 cm³/mol. The molecule has 3 heterocycles. The van der Waals surface area contributed by atoms with Crippen LogP contribution in [0.2, 0.25) is 10.0 Å². The molecule has 1 aromatic heterocycles. The van der Waals surface area contributed by atoms with E-state index in [-0.39, 0.29) is 24.7 Å². The third kappa shape index (κ3) is 4.65. The molecule has 0 saturated carbocycles. The van der Waals surface area contributed by atoms with E-state index in [9.17, 15) is 9.59 Å². The second-order valence-corrected chi connectivity index (χ2v) is 8.16. The molecule has 0 atom stereocenters. The van der Waals surface area contributed by atoms with Gasteiger partial charge in [-0.2, -0.15) is 0 Å². The van der Waals surface area contributed by atoms with Crippen molar-refractivity contribution in [2.75, 3.05) is 26.3 Å². The smallest absolute Gasteiger partial charge is 0.255 e. The summed E-state index contributed by atoms with van der Waals surface area (Å²) in [4.78, 5) is 30.4. The maximum absolute atomic E-state index is 12.8. The third-order valence-corrected chi connectivity index (χ3v) is 5.73. The van der Waals surface area contributed by atoms with Crippen molar-refractivity contribution in [1.29, 1.82) is 0 Å². The van der Waals surface area contributed by atoms with Gasteiger partial charge in [0, 0.05) is 36.3 Å². The fourth-order valence-electron chi connectivity index (χ4n) is 3.57. The monoisotopic (exact) mass is 434 g/mol. The molecule has 0 radical (unpaired) electrons. The van der Waals surface area contributed by atoms with Crippen LogP contribution < -0.4 is 9.47 Å². The Bertz CT molecular complexity index is 942. The van der Waals surface area contributed by atoms with Crippen molar-refractivity contribution < 1.29 is 19.1 Å². The van der Waals surface area contributed by atoms with Gasteiger partial charge in [0.15, 0.2) is 5.78 Å². The molecule has 6 nitrogen and oxygen atoms in total. The van der Waals surface area contributed by atoms with Crippen LogP contribution in [0, 0.1) is 5.92 Å². The zero-order valence-corrected chi connectivity index (χ0v) is 17.2. The Kier molecular flexibility index (Phi) is 5.92. The van der Waals surface area contributed by atoms with Crippen molar-refractivity contribution in [3.63, 3.8) is 0 Å². The van der Waals surface area contributed by atoms with Gasteiger partial charge in [0.2, 0.25) is 5.88 Å². The maximum atomic E-state index is 12.8. The van der Waals surface area contributed by atoms with E-state index in [0.29, 0.717) is 58.4 Å². The number of piperidine rings is 1. The number of pyridine rings is 1. The Morgan fingerprint density at radius 3 is 2.79 bits per heavy atom. The van der Waals surface area contributed by atoms with E-state index >= 15 is 0 Å². The first-order valence-corrected chi connectivity index (χ1v) is 10.3. The van der Waals surface area contributed by atoms with Crippen LogP contribution in [0.15, 0.2) is 30.5 Å². The average Bonchev–Trinajstić information content (AvgIpc) is 2.72. The molecule has 1 fully saturated rings. The van der Waals surface area contributed by atoms with Gasteiger partial charge in [-0.15, -0.1) is 0 Å². The lowest BCUT2D eigenvalue weighted by atomic mass is 9.97. The number of carbonyl (C=O) groups excluding carboxylic acids is 2. The zero-order chi connectivity index (χ0) is 20.4. The van der Waals surface area contributed by atoms with Crippen molar-refractivity contribution in [1.82, 2.24) is 9.88 Å². The number of aromatic nitrogens is 1. The van der Waals surface area contributed by atoms with Gasteiger partial charge in [-0.1, -0.05) is 23.2 Å². The van der Waals surface area contributed by atoms with E-state index in [0.717, 1.165) is 12.8 Å². The Labute approximate surface area is 178 Å². The molecule has 4 rings (SSSR count). The first-order chi connectivity index (χ1) is 14.0. The molecule has 0 aliphatic carbocycles. The lowest BCUT2D eigenvalue weighted by Crippen LogP contribution is -2.39. The van der Waals surface area contributed by atoms with Gasteiger partial charge < -0.3 is 14.4 Å². The maximum Gasteiger partial charge on any atom is 0.255 e. The second kappa shape index (κ2) is 8.59. The Morgan fingerprint density at radius 2 is 2.03 bits per heavy atom. The molecule has 2 aliphatic heterocycles. The van der Waals surface area contributed by atoms with Gasteiger partial charge in [0.1, 0.15) is 12.4 Å². The van der Waals surface area contributed by atoms with Gasteiger partial charge in [-0.25, -0.2) is 4.98 Å². The number of nitrogens with zero attached hydrogens (tertiary/aromatic N) is 2. The first-order valence-electron chi connectivity index (χ1n) is 9.50. The summed E-state index contributed by atoms with van der Waals surface area (Å²) < 4.78 is 11.1. The molecule has 1 saturated heterocycles. The second-order valence-electron chi connectivity index (χ2n) is 7.31. The molecule has 152 valence electrons.